The van der Waals surface area contributed by atoms with Gasteiger partial charge in [-0.3, -0.25) is 9.69 Å². The zero-order chi connectivity index (χ0) is 28.7. The summed E-state index contributed by atoms with van der Waals surface area (Å²) in [6.45, 7) is 12.9. The summed E-state index contributed by atoms with van der Waals surface area (Å²) in [4.78, 5) is 39.7. The molecule has 5 rings (SSSR count). The van der Waals surface area contributed by atoms with E-state index in [9.17, 15) is 19.1 Å². The number of aldehydes is 1. The highest BCUT2D eigenvalue weighted by Gasteiger charge is 2.44. The molecule has 0 spiro atoms. The van der Waals surface area contributed by atoms with Gasteiger partial charge in [0.05, 0.1) is 22.4 Å². The molecule has 1 amide bonds. The highest BCUT2D eigenvalue weighted by Crippen LogP contribution is 2.41. The van der Waals surface area contributed by atoms with E-state index in [4.69, 9.17) is 0 Å². The van der Waals surface area contributed by atoms with Crippen LogP contribution in [0.1, 0.15) is 60.4 Å². The SMILES string of the molecule is Cc1ncnc(C)c1C(=O)N1CC2CN(CCC3(c4cccc(F)c4)CCN(C(O)C(C)(C)C=O)CC3)CC2C1. The number of aryl methyl sites for hydroxylation is 2. The summed E-state index contributed by atoms with van der Waals surface area (Å²) in [6, 6.07) is 6.98. The first-order valence-electron chi connectivity index (χ1n) is 14.5. The monoisotopic (exact) mass is 551 g/mol. The summed E-state index contributed by atoms with van der Waals surface area (Å²) in [5, 5.41) is 10.8. The van der Waals surface area contributed by atoms with Gasteiger partial charge in [0.1, 0.15) is 24.7 Å². The van der Waals surface area contributed by atoms with Crippen molar-refractivity contribution in [1.29, 1.82) is 0 Å². The summed E-state index contributed by atoms with van der Waals surface area (Å²) in [6.07, 6.45) is 3.98. The molecule has 4 heterocycles. The predicted octanol–water partition coefficient (Wildman–Crippen LogP) is 3.20. The lowest BCUT2D eigenvalue weighted by atomic mass is 9.70. The zero-order valence-electron chi connectivity index (χ0n) is 24.1. The predicted molar refractivity (Wildman–Crippen MR) is 150 cm³/mol. The Morgan fingerprint density at radius 1 is 1.12 bits per heavy atom. The lowest BCUT2D eigenvalue weighted by Crippen LogP contribution is -2.52. The number of likely N-dealkylation sites (tertiary alicyclic amines) is 3. The van der Waals surface area contributed by atoms with Crippen LogP contribution >= 0.6 is 0 Å². The van der Waals surface area contributed by atoms with Crippen molar-refractivity contribution in [2.45, 2.75) is 58.6 Å². The highest BCUT2D eigenvalue weighted by atomic mass is 19.1. The Morgan fingerprint density at radius 3 is 2.33 bits per heavy atom. The molecule has 40 heavy (non-hydrogen) atoms. The summed E-state index contributed by atoms with van der Waals surface area (Å²) in [5.74, 6) is 0.702. The largest absolute Gasteiger partial charge is 0.377 e. The third-order valence-electron chi connectivity index (χ3n) is 9.70. The fourth-order valence-electron chi connectivity index (χ4n) is 7.10. The van der Waals surface area contributed by atoms with Crippen molar-refractivity contribution in [2.75, 3.05) is 45.8 Å². The van der Waals surface area contributed by atoms with Crippen LogP contribution in [0.2, 0.25) is 0 Å². The molecule has 3 fully saturated rings. The number of aromatic nitrogens is 2. The average molecular weight is 552 g/mol. The minimum atomic E-state index is -0.841. The molecule has 1 aromatic carbocycles. The van der Waals surface area contributed by atoms with Gasteiger partial charge in [0, 0.05) is 39.3 Å². The second-order valence-electron chi connectivity index (χ2n) is 12.8. The summed E-state index contributed by atoms with van der Waals surface area (Å²) in [7, 11) is 0. The van der Waals surface area contributed by atoms with Gasteiger partial charge in [-0.1, -0.05) is 12.1 Å². The Bertz CT molecular complexity index is 1210. The van der Waals surface area contributed by atoms with Crippen molar-refractivity contribution >= 4 is 12.2 Å². The van der Waals surface area contributed by atoms with Gasteiger partial charge >= 0.3 is 0 Å². The third-order valence-corrected chi connectivity index (χ3v) is 9.70. The lowest BCUT2D eigenvalue weighted by Gasteiger charge is -2.46. The molecule has 3 aliphatic heterocycles. The van der Waals surface area contributed by atoms with Crippen LogP contribution in [0.5, 0.6) is 0 Å². The fourth-order valence-corrected chi connectivity index (χ4v) is 7.10. The maximum Gasteiger partial charge on any atom is 0.257 e. The molecule has 1 N–H and O–H groups in total. The Morgan fingerprint density at radius 2 is 1.75 bits per heavy atom. The van der Waals surface area contributed by atoms with E-state index in [1.54, 1.807) is 26.0 Å². The first-order chi connectivity index (χ1) is 19.0. The number of hydrogen-bond acceptors (Lipinski definition) is 7. The number of hydrogen-bond donors (Lipinski definition) is 1. The van der Waals surface area contributed by atoms with Crippen molar-refractivity contribution in [2.24, 2.45) is 17.3 Å². The van der Waals surface area contributed by atoms with E-state index in [1.165, 1.54) is 12.4 Å². The van der Waals surface area contributed by atoms with Gasteiger partial charge in [0.15, 0.2) is 0 Å². The number of fused-ring (bicyclic) bond motifs is 1. The second-order valence-corrected chi connectivity index (χ2v) is 12.8. The van der Waals surface area contributed by atoms with Gasteiger partial charge in [0.2, 0.25) is 0 Å². The molecule has 1 aromatic heterocycles. The molecule has 3 aliphatic rings. The van der Waals surface area contributed by atoms with Crippen LogP contribution < -0.4 is 0 Å². The minimum Gasteiger partial charge on any atom is -0.377 e. The van der Waals surface area contributed by atoms with Crippen LogP contribution in [0.3, 0.4) is 0 Å². The van der Waals surface area contributed by atoms with Crippen LogP contribution in [-0.4, -0.2) is 94.0 Å². The minimum absolute atomic E-state index is 0.0355. The van der Waals surface area contributed by atoms with Crippen LogP contribution in [0.15, 0.2) is 30.6 Å². The van der Waals surface area contributed by atoms with E-state index >= 15 is 0 Å². The number of rotatable bonds is 8. The molecule has 2 aromatic rings. The number of piperidine rings is 1. The van der Waals surface area contributed by atoms with Gasteiger partial charge in [-0.15, -0.1) is 0 Å². The van der Waals surface area contributed by atoms with Crippen LogP contribution in [0, 0.1) is 36.9 Å². The molecule has 9 heteroatoms. The number of nitrogens with zero attached hydrogens (tertiary/aromatic N) is 5. The van der Waals surface area contributed by atoms with Crippen molar-refractivity contribution in [3.63, 3.8) is 0 Å². The number of carbonyl (C=O) groups is 2. The van der Waals surface area contributed by atoms with Crippen LogP contribution in [0.25, 0.3) is 0 Å². The molecule has 3 saturated heterocycles. The topological polar surface area (TPSA) is 89.9 Å². The second kappa shape index (κ2) is 11.3. The van der Waals surface area contributed by atoms with Crippen molar-refractivity contribution < 1.29 is 19.1 Å². The van der Waals surface area contributed by atoms with Gasteiger partial charge < -0.3 is 19.7 Å². The van der Waals surface area contributed by atoms with Crippen LogP contribution in [-0.2, 0) is 10.2 Å². The first kappa shape index (κ1) is 28.8. The Labute approximate surface area is 236 Å². The lowest BCUT2D eigenvalue weighted by molar-refractivity contribution is -0.134. The summed E-state index contributed by atoms with van der Waals surface area (Å²) < 4.78 is 14.3. The van der Waals surface area contributed by atoms with Crippen molar-refractivity contribution in [1.82, 2.24) is 24.7 Å². The third kappa shape index (κ3) is 5.56. The van der Waals surface area contributed by atoms with Gasteiger partial charge in [0.25, 0.3) is 5.91 Å². The zero-order valence-corrected chi connectivity index (χ0v) is 24.1. The molecule has 0 bridgehead atoms. The Kier molecular flexibility index (Phi) is 8.10. The quantitative estimate of drug-likeness (QED) is 0.504. The van der Waals surface area contributed by atoms with E-state index in [0.717, 1.165) is 75.2 Å². The van der Waals surface area contributed by atoms with E-state index < -0.39 is 11.6 Å². The summed E-state index contributed by atoms with van der Waals surface area (Å²) >= 11 is 0. The highest BCUT2D eigenvalue weighted by molar-refractivity contribution is 5.96. The number of amides is 1. The smallest absolute Gasteiger partial charge is 0.257 e. The molecule has 0 radical (unpaired) electrons. The number of aliphatic hydroxyl groups excluding tert-OH is 1. The van der Waals surface area contributed by atoms with Gasteiger partial charge in [-0.2, -0.15) is 0 Å². The molecule has 8 nitrogen and oxygen atoms in total. The standard InChI is InChI=1S/C31H42FN5O3/c1-21-27(22(2)34-20-33-21)28(39)37-17-23-15-35(16-24(23)18-37)11-8-31(25-6-5-7-26(32)14-25)9-12-36(13-10-31)29(40)30(3,4)19-38/h5-7,14,19-20,23-24,29,40H,8-13,15-18H2,1-4H3. The van der Waals surface area contributed by atoms with Crippen molar-refractivity contribution in [3.05, 3.63) is 58.9 Å². The molecule has 0 aliphatic carbocycles. The summed E-state index contributed by atoms with van der Waals surface area (Å²) in [5.41, 5.74) is 2.07. The molecular formula is C31H42FN5O3. The maximum absolute atomic E-state index is 14.3. The van der Waals surface area contributed by atoms with Crippen molar-refractivity contribution in [3.8, 4) is 0 Å². The van der Waals surface area contributed by atoms with E-state index in [2.05, 4.69) is 14.9 Å². The molecule has 0 saturated carbocycles. The maximum atomic E-state index is 14.3. The van der Waals surface area contributed by atoms with E-state index in [0.29, 0.717) is 30.5 Å². The average Bonchev–Trinajstić information content (AvgIpc) is 3.51. The molecule has 216 valence electrons. The molecule has 3 unspecified atom stereocenters. The number of carbonyl (C=O) groups excluding carboxylic acids is 2. The van der Waals surface area contributed by atoms with Gasteiger partial charge in [-0.05, 0) is 88.4 Å². The van der Waals surface area contributed by atoms with E-state index in [1.807, 2.05) is 29.7 Å². The fraction of sp³-hybridized carbons (Fsp3) is 0.613. The Hall–Kier alpha value is -2.75. The molecular weight excluding hydrogens is 509 g/mol. The Balaban J connectivity index is 1.22. The van der Waals surface area contributed by atoms with Gasteiger partial charge in [-0.25, -0.2) is 14.4 Å². The number of benzene rings is 1. The normalized spacial score (nSPS) is 24.2. The van der Waals surface area contributed by atoms with Crippen LogP contribution in [0.4, 0.5) is 4.39 Å². The molecule has 3 atom stereocenters. The number of aliphatic hydroxyl groups is 1. The van der Waals surface area contributed by atoms with E-state index in [-0.39, 0.29) is 17.1 Å². The number of halogens is 1. The first-order valence-corrected chi connectivity index (χ1v) is 14.5.